The molecule has 1 aliphatic heterocycles. The number of nitro benzene ring substituents is 1. The summed E-state index contributed by atoms with van der Waals surface area (Å²) in [7, 11) is 0. The quantitative estimate of drug-likeness (QED) is 0.385. The van der Waals surface area contributed by atoms with E-state index in [2.05, 4.69) is 17.5 Å². The molecule has 2 aromatic carbocycles. The molecule has 5 nitrogen and oxygen atoms in total. The lowest BCUT2D eigenvalue weighted by Gasteiger charge is -2.37. The molecule has 0 amide bonds. The van der Waals surface area contributed by atoms with Gasteiger partial charge in [0.15, 0.2) is 5.78 Å². The van der Waals surface area contributed by atoms with Crippen molar-refractivity contribution >= 4 is 17.2 Å². The Hall–Kier alpha value is -2.95. The summed E-state index contributed by atoms with van der Waals surface area (Å²) in [5.74, 6) is 0.568. The van der Waals surface area contributed by atoms with E-state index >= 15 is 0 Å². The number of benzene rings is 2. The highest BCUT2D eigenvalue weighted by Gasteiger charge is 2.38. The monoisotopic (exact) mass is 334 g/mol. The topological polar surface area (TPSA) is 72.2 Å². The van der Waals surface area contributed by atoms with Crippen molar-refractivity contribution in [1.82, 2.24) is 0 Å². The number of hydrogen-bond donors (Lipinski definition) is 1. The predicted molar refractivity (Wildman–Crippen MR) is 95.9 cm³/mol. The zero-order valence-corrected chi connectivity index (χ0v) is 13.8. The second-order valence-corrected chi connectivity index (χ2v) is 6.69. The normalized spacial score (nSPS) is 23.5. The van der Waals surface area contributed by atoms with Crippen LogP contribution in [-0.4, -0.2) is 10.7 Å². The maximum atomic E-state index is 11.7. The molecule has 2 aliphatic rings. The van der Waals surface area contributed by atoms with Gasteiger partial charge in [-0.05, 0) is 48.6 Å². The van der Waals surface area contributed by atoms with Gasteiger partial charge in [-0.1, -0.05) is 24.3 Å². The van der Waals surface area contributed by atoms with E-state index in [4.69, 9.17) is 0 Å². The third kappa shape index (κ3) is 2.61. The highest BCUT2D eigenvalue weighted by Crippen LogP contribution is 2.50. The Balaban J connectivity index is 1.77. The summed E-state index contributed by atoms with van der Waals surface area (Å²) < 4.78 is 0. The van der Waals surface area contributed by atoms with Crippen LogP contribution in [0.4, 0.5) is 11.4 Å². The molecule has 25 heavy (non-hydrogen) atoms. The Bertz CT molecular complexity index is 904. The van der Waals surface area contributed by atoms with Crippen LogP contribution in [0.25, 0.3) is 0 Å². The van der Waals surface area contributed by atoms with Gasteiger partial charge in [-0.2, -0.15) is 0 Å². The maximum Gasteiger partial charge on any atom is 0.269 e. The molecule has 1 heterocycles. The Morgan fingerprint density at radius 1 is 1.24 bits per heavy atom. The van der Waals surface area contributed by atoms with E-state index in [0.29, 0.717) is 5.56 Å². The number of carbonyl (C=O) groups is 1. The number of fused-ring (bicyclic) bond motifs is 3. The average molecular weight is 334 g/mol. The number of anilines is 1. The fourth-order valence-corrected chi connectivity index (χ4v) is 3.98. The number of nitrogens with one attached hydrogen (secondary N) is 1. The van der Waals surface area contributed by atoms with E-state index in [9.17, 15) is 14.9 Å². The Morgan fingerprint density at radius 3 is 2.84 bits per heavy atom. The Labute approximate surface area is 145 Å². The van der Waals surface area contributed by atoms with Gasteiger partial charge < -0.3 is 5.32 Å². The summed E-state index contributed by atoms with van der Waals surface area (Å²) in [5.41, 5.74) is 3.88. The molecular formula is C20H18N2O3. The summed E-state index contributed by atoms with van der Waals surface area (Å²) >= 11 is 0. The molecule has 2 aromatic rings. The molecule has 1 N–H and O–H groups in total. The minimum absolute atomic E-state index is 0.00979. The molecule has 4 rings (SSSR count). The second kappa shape index (κ2) is 5.84. The van der Waals surface area contributed by atoms with Gasteiger partial charge in [-0.15, -0.1) is 0 Å². The maximum absolute atomic E-state index is 11.7. The molecule has 0 unspecified atom stereocenters. The zero-order valence-electron chi connectivity index (χ0n) is 13.8. The standard InChI is InChI=1S/C20H18N2O3/c1-12(23)13-8-9-19-18(11-13)16-6-3-7-17(16)20(21-19)14-4-2-5-15(10-14)22(24)25/h2-6,8-11,16-17,20-21H,7H2,1H3/t16-,17-,20-/m1/s1. The summed E-state index contributed by atoms with van der Waals surface area (Å²) in [4.78, 5) is 22.5. The lowest BCUT2D eigenvalue weighted by atomic mass is 9.76. The van der Waals surface area contributed by atoms with Gasteiger partial charge in [-0.3, -0.25) is 14.9 Å². The van der Waals surface area contributed by atoms with Gasteiger partial charge in [-0.25, -0.2) is 0 Å². The Morgan fingerprint density at radius 2 is 2.08 bits per heavy atom. The number of Topliss-reactive ketones (excluding diaryl/α,β-unsaturated/α-hetero) is 1. The SMILES string of the molecule is CC(=O)c1ccc2c(c1)[C@@H]1C=CC[C@H]1[C@@H](c1cccc([N+](=O)[O-])c1)N2. The highest BCUT2D eigenvalue weighted by molar-refractivity contribution is 5.95. The van der Waals surface area contributed by atoms with Crippen LogP contribution in [0, 0.1) is 16.0 Å². The van der Waals surface area contributed by atoms with Crippen molar-refractivity contribution < 1.29 is 9.72 Å². The molecule has 0 saturated heterocycles. The van der Waals surface area contributed by atoms with E-state index in [0.717, 1.165) is 23.2 Å². The van der Waals surface area contributed by atoms with Crippen molar-refractivity contribution in [3.8, 4) is 0 Å². The first-order valence-corrected chi connectivity index (χ1v) is 8.37. The number of rotatable bonds is 3. The smallest absolute Gasteiger partial charge is 0.269 e. The van der Waals surface area contributed by atoms with Crippen LogP contribution in [0.1, 0.15) is 46.8 Å². The van der Waals surface area contributed by atoms with Crippen molar-refractivity contribution in [3.05, 3.63) is 81.4 Å². The van der Waals surface area contributed by atoms with E-state index < -0.39 is 0 Å². The fourth-order valence-electron chi connectivity index (χ4n) is 3.98. The summed E-state index contributed by atoms with van der Waals surface area (Å²) in [6, 6.07) is 12.6. The molecule has 126 valence electrons. The number of nitrogens with zero attached hydrogens (tertiary/aromatic N) is 1. The number of carbonyl (C=O) groups excluding carboxylic acids is 1. The fraction of sp³-hybridized carbons (Fsp3) is 0.250. The number of ketones is 1. The molecule has 5 heteroatoms. The number of nitro groups is 1. The predicted octanol–water partition coefficient (Wildman–Crippen LogP) is 4.62. The van der Waals surface area contributed by atoms with Crippen LogP contribution >= 0.6 is 0 Å². The van der Waals surface area contributed by atoms with Gasteiger partial charge >= 0.3 is 0 Å². The lowest BCUT2D eigenvalue weighted by molar-refractivity contribution is -0.384. The van der Waals surface area contributed by atoms with Crippen LogP contribution in [0.15, 0.2) is 54.6 Å². The molecule has 0 saturated carbocycles. The first-order chi connectivity index (χ1) is 12.0. The Kier molecular flexibility index (Phi) is 3.64. The third-order valence-electron chi connectivity index (χ3n) is 5.21. The number of hydrogen-bond acceptors (Lipinski definition) is 4. The van der Waals surface area contributed by atoms with Crippen molar-refractivity contribution in [2.24, 2.45) is 5.92 Å². The van der Waals surface area contributed by atoms with Gasteiger partial charge in [0.2, 0.25) is 0 Å². The van der Waals surface area contributed by atoms with Crippen LogP contribution in [0.5, 0.6) is 0 Å². The minimum atomic E-state index is -0.357. The number of allylic oxidation sites excluding steroid dienone is 2. The average Bonchev–Trinajstić information content (AvgIpc) is 3.10. The van der Waals surface area contributed by atoms with Crippen LogP contribution in [0.2, 0.25) is 0 Å². The van der Waals surface area contributed by atoms with E-state index in [1.165, 1.54) is 6.07 Å². The zero-order chi connectivity index (χ0) is 17.6. The van der Waals surface area contributed by atoms with E-state index in [1.54, 1.807) is 19.1 Å². The molecule has 1 aliphatic carbocycles. The minimum Gasteiger partial charge on any atom is -0.378 e. The molecule has 3 atom stereocenters. The van der Waals surface area contributed by atoms with E-state index in [-0.39, 0.29) is 34.3 Å². The third-order valence-corrected chi connectivity index (χ3v) is 5.21. The van der Waals surface area contributed by atoms with Crippen molar-refractivity contribution in [2.45, 2.75) is 25.3 Å². The molecule has 0 spiro atoms. The summed E-state index contributed by atoms with van der Waals surface area (Å²) in [6.45, 7) is 1.58. The van der Waals surface area contributed by atoms with Gasteiger partial charge in [0.25, 0.3) is 5.69 Å². The first kappa shape index (κ1) is 15.6. The molecule has 0 aromatic heterocycles. The van der Waals surface area contributed by atoms with Crippen molar-refractivity contribution in [3.63, 3.8) is 0 Å². The highest BCUT2D eigenvalue weighted by atomic mass is 16.6. The van der Waals surface area contributed by atoms with Gasteiger partial charge in [0, 0.05) is 29.3 Å². The molecule has 0 radical (unpaired) electrons. The van der Waals surface area contributed by atoms with Gasteiger partial charge in [0.1, 0.15) is 0 Å². The van der Waals surface area contributed by atoms with E-state index in [1.807, 2.05) is 24.3 Å². The molecular weight excluding hydrogens is 316 g/mol. The molecule has 0 fully saturated rings. The van der Waals surface area contributed by atoms with Crippen molar-refractivity contribution in [1.29, 1.82) is 0 Å². The lowest BCUT2D eigenvalue weighted by Crippen LogP contribution is -2.29. The van der Waals surface area contributed by atoms with Crippen LogP contribution in [0.3, 0.4) is 0 Å². The summed E-state index contributed by atoms with van der Waals surface area (Å²) in [6.07, 6.45) is 5.27. The molecule has 0 bridgehead atoms. The number of non-ortho nitro benzene ring substituents is 1. The van der Waals surface area contributed by atoms with Gasteiger partial charge in [0.05, 0.1) is 11.0 Å². The van der Waals surface area contributed by atoms with Crippen LogP contribution < -0.4 is 5.32 Å². The largest absolute Gasteiger partial charge is 0.378 e. The van der Waals surface area contributed by atoms with Crippen molar-refractivity contribution in [2.75, 3.05) is 5.32 Å². The van der Waals surface area contributed by atoms with Crippen LogP contribution in [-0.2, 0) is 0 Å². The first-order valence-electron chi connectivity index (χ1n) is 8.37. The second-order valence-electron chi connectivity index (χ2n) is 6.69. The summed E-state index contributed by atoms with van der Waals surface area (Å²) in [5, 5.41) is 14.6.